The van der Waals surface area contributed by atoms with Gasteiger partial charge in [0.05, 0.1) is 5.52 Å². The third-order valence-corrected chi connectivity index (χ3v) is 3.93. The van der Waals surface area contributed by atoms with E-state index in [4.69, 9.17) is 0 Å². The van der Waals surface area contributed by atoms with Crippen LogP contribution in [-0.4, -0.2) is 31.3 Å². The number of benzene rings is 1. The summed E-state index contributed by atoms with van der Waals surface area (Å²) in [7, 11) is 0. The number of anilines is 1. The standard InChI is InChI=1S/C17H13F3N6/c18-17(19,20)16-24-23-14-7-6-13(25-26(14)16)21-10-8-12-4-1-3-11-5-2-9-22-15(11)12/h1-7,9H,8,10H2,(H,21,25). The molecule has 3 aromatic heterocycles. The van der Waals surface area contributed by atoms with Crippen LogP contribution in [0.3, 0.4) is 0 Å². The van der Waals surface area contributed by atoms with Crippen LogP contribution in [0.5, 0.6) is 0 Å². The van der Waals surface area contributed by atoms with Gasteiger partial charge in [-0.05, 0) is 30.2 Å². The average molecular weight is 358 g/mol. The van der Waals surface area contributed by atoms with Gasteiger partial charge in [-0.15, -0.1) is 15.3 Å². The lowest BCUT2D eigenvalue weighted by Gasteiger charge is -2.09. The Labute approximate surface area is 145 Å². The molecule has 0 amide bonds. The van der Waals surface area contributed by atoms with Crippen LogP contribution in [-0.2, 0) is 12.6 Å². The highest BCUT2D eigenvalue weighted by Gasteiger charge is 2.37. The molecule has 26 heavy (non-hydrogen) atoms. The van der Waals surface area contributed by atoms with Crippen LogP contribution in [0.2, 0.25) is 0 Å². The number of rotatable bonds is 4. The second-order valence-corrected chi connectivity index (χ2v) is 5.68. The van der Waals surface area contributed by atoms with E-state index in [1.165, 1.54) is 6.07 Å². The topological polar surface area (TPSA) is 68.0 Å². The molecule has 1 aromatic carbocycles. The summed E-state index contributed by atoms with van der Waals surface area (Å²) in [6.07, 6.45) is -2.22. The lowest BCUT2D eigenvalue weighted by molar-refractivity contribution is -0.146. The van der Waals surface area contributed by atoms with Gasteiger partial charge < -0.3 is 5.32 Å². The van der Waals surface area contributed by atoms with Crippen molar-refractivity contribution in [3.05, 3.63) is 60.0 Å². The third kappa shape index (κ3) is 3.03. The van der Waals surface area contributed by atoms with Gasteiger partial charge >= 0.3 is 6.18 Å². The van der Waals surface area contributed by atoms with Crippen LogP contribution in [0.4, 0.5) is 19.0 Å². The van der Waals surface area contributed by atoms with Crippen LogP contribution in [0.15, 0.2) is 48.7 Å². The van der Waals surface area contributed by atoms with Gasteiger partial charge in [0.2, 0.25) is 0 Å². The monoisotopic (exact) mass is 358 g/mol. The van der Waals surface area contributed by atoms with Crippen molar-refractivity contribution in [3.63, 3.8) is 0 Å². The maximum atomic E-state index is 12.9. The molecule has 6 nitrogen and oxygen atoms in total. The van der Waals surface area contributed by atoms with E-state index in [2.05, 4.69) is 25.6 Å². The fourth-order valence-corrected chi connectivity index (χ4v) is 2.75. The molecule has 0 radical (unpaired) electrons. The van der Waals surface area contributed by atoms with Crippen LogP contribution in [0.1, 0.15) is 11.4 Å². The van der Waals surface area contributed by atoms with E-state index in [9.17, 15) is 13.2 Å². The normalized spacial score (nSPS) is 12.0. The van der Waals surface area contributed by atoms with Crippen molar-refractivity contribution >= 4 is 22.4 Å². The van der Waals surface area contributed by atoms with Crippen molar-refractivity contribution in [1.29, 1.82) is 0 Å². The molecule has 0 saturated carbocycles. The molecule has 0 saturated heterocycles. The molecule has 4 rings (SSSR count). The molecular weight excluding hydrogens is 345 g/mol. The van der Waals surface area contributed by atoms with Crippen LogP contribution in [0, 0.1) is 0 Å². The number of halogens is 3. The van der Waals surface area contributed by atoms with E-state index in [1.54, 1.807) is 12.3 Å². The summed E-state index contributed by atoms with van der Waals surface area (Å²) in [5.41, 5.74) is 2.01. The predicted molar refractivity (Wildman–Crippen MR) is 89.7 cm³/mol. The Bertz CT molecular complexity index is 1070. The number of alkyl halides is 3. The van der Waals surface area contributed by atoms with Crippen molar-refractivity contribution in [1.82, 2.24) is 24.8 Å². The maximum absolute atomic E-state index is 12.9. The van der Waals surface area contributed by atoms with Crippen LogP contribution in [0.25, 0.3) is 16.6 Å². The molecule has 9 heteroatoms. The molecule has 0 aliphatic rings. The van der Waals surface area contributed by atoms with E-state index in [-0.39, 0.29) is 5.65 Å². The largest absolute Gasteiger partial charge is 0.453 e. The number of hydrogen-bond acceptors (Lipinski definition) is 5. The average Bonchev–Trinajstić information content (AvgIpc) is 3.05. The molecule has 0 fully saturated rings. The van der Waals surface area contributed by atoms with E-state index >= 15 is 0 Å². The lowest BCUT2D eigenvalue weighted by Crippen LogP contribution is -2.14. The number of nitrogens with zero attached hydrogens (tertiary/aromatic N) is 5. The molecule has 0 spiro atoms. The Morgan fingerprint density at radius 3 is 2.69 bits per heavy atom. The summed E-state index contributed by atoms with van der Waals surface area (Å²) in [6, 6.07) is 12.8. The molecule has 0 bridgehead atoms. The van der Waals surface area contributed by atoms with Crippen molar-refractivity contribution in [2.75, 3.05) is 11.9 Å². The zero-order valence-corrected chi connectivity index (χ0v) is 13.4. The summed E-state index contributed by atoms with van der Waals surface area (Å²) in [6.45, 7) is 0.498. The first-order chi connectivity index (χ1) is 12.5. The molecule has 0 atom stereocenters. The van der Waals surface area contributed by atoms with Gasteiger partial charge in [-0.25, -0.2) is 0 Å². The highest BCUT2D eigenvalue weighted by Crippen LogP contribution is 2.27. The second-order valence-electron chi connectivity index (χ2n) is 5.68. The zero-order chi connectivity index (χ0) is 18.1. The summed E-state index contributed by atoms with van der Waals surface area (Å²) >= 11 is 0. The second kappa shape index (κ2) is 6.25. The minimum Gasteiger partial charge on any atom is -0.368 e. The molecule has 3 heterocycles. The summed E-state index contributed by atoms with van der Waals surface area (Å²) in [4.78, 5) is 4.39. The van der Waals surface area contributed by atoms with Crippen molar-refractivity contribution in [3.8, 4) is 0 Å². The van der Waals surface area contributed by atoms with Gasteiger partial charge in [0.15, 0.2) is 5.65 Å². The van der Waals surface area contributed by atoms with E-state index in [0.29, 0.717) is 23.3 Å². The quantitative estimate of drug-likeness (QED) is 0.606. The van der Waals surface area contributed by atoms with Crippen LogP contribution < -0.4 is 5.32 Å². The molecule has 1 N–H and O–H groups in total. The highest BCUT2D eigenvalue weighted by molar-refractivity contribution is 5.81. The number of fused-ring (bicyclic) bond motifs is 2. The number of pyridine rings is 1. The molecule has 0 aliphatic carbocycles. The fraction of sp³-hybridized carbons (Fsp3) is 0.176. The Balaban J connectivity index is 1.53. The zero-order valence-electron chi connectivity index (χ0n) is 13.4. The fourth-order valence-electron chi connectivity index (χ4n) is 2.75. The molecule has 0 unspecified atom stereocenters. The van der Waals surface area contributed by atoms with Gasteiger partial charge in [-0.1, -0.05) is 24.3 Å². The predicted octanol–water partition coefficient (Wildman–Crippen LogP) is 3.35. The first-order valence-corrected chi connectivity index (χ1v) is 7.88. The van der Waals surface area contributed by atoms with Gasteiger partial charge in [-0.2, -0.15) is 17.7 Å². The number of para-hydroxylation sites is 1. The summed E-state index contributed by atoms with van der Waals surface area (Å²) in [5, 5.41) is 14.7. The van der Waals surface area contributed by atoms with E-state index in [0.717, 1.165) is 16.5 Å². The van der Waals surface area contributed by atoms with Crippen molar-refractivity contribution in [2.24, 2.45) is 0 Å². The number of nitrogens with one attached hydrogen (secondary N) is 1. The summed E-state index contributed by atoms with van der Waals surface area (Å²) in [5.74, 6) is -0.828. The first kappa shape index (κ1) is 16.2. The minimum absolute atomic E-state index is 0.0427. The van der Waals surface area contributed by atoms with Gasteiger partial charge in [0, 0.05) is 18.1 Å². The van der Waals surface area contributed by atoms with Gasteiger partial charge in [0.25, 0.3) is 5.82 Å². The Morgan fingerprint density at radius 1 is 1.00 bits per heavy atom. The molecule has 0 aliphatic heterocycles. The first-order valence-electron chi connectivity index (χ1n) is 7.88. The van der Waals surface area contributed by atoms with Gasteiger partial charge in [-0.3, -0.25) is 4.98 Å². The SMILES string of the molecule is FC(F)(F)c1nnc2ccc(NCCc3cccc4cccnc34)nn12. The third-order valence-electron chi connectivity index (χ3n) is 3.93. The Morgan fingerprint density at radius 2 is 1.85 bits per heavy atom. The lowest BCUT2D eigenvalue weighted by atomic mass is 10.1. The van der Waals surface area contributed by atoms with E-state index < -0.39 is 12.0 Å². The smallest absolute Gasteiger partial charge is 0.368 e. The molecule has 4 aromatic rings. The molecule has 132 valence electrons. The van der Waals surface area contributed by atoms with Crippen molar-refractivity contribution in [2.45, 2.75) is 12.6 Å². The number of aromatic nitrogens is 5. The van der Waals surface area contributed by atoms with Crippen molar-refractivity contribution < 1.29 is 13.2 Å². The maximum Gasteiger partial charge on any atom is 0.453 e. The minimum atomic E-state index is -4.61. The number of hydrogen-bond donors (Lipinski definition) is 1. The molecular formula is C17H13F3N6. The van der Waals surface area contributed by atoms with Crippen LogP contribution >= 0.6 is 0 Å². The Hall–Kier alpha value is -3.23. The highest BCUT2D eigenvalue weighted by atomic mass is 19.4. The van der Waals surface area contributed by atoms with E-state index in [1.807, 2.05) is 30.3 Å². The summed E-state index contributed by atoms with van der Waals surface area (Å²) < 4.78 is 39.4. The Kier molecular flexibility index (Phi) is 3.90. The van der Waals surface area contributed by atoms with Gasteiger partial charge in [0.1, 0.15) is 5.82 Å².